The van der Waals surface area contributed by atoms with Gasteiger partial charge in [-0.25, -0.2) is 0 Å². The summed E-state index contributed by atoms with van der Waals surface area (Å²) in [5.41, 5.74) is 1.01. The predicted molar refractivity (Wildman–Crippen MR) is 59.7 cm³/mol. The van der Waals surface area contributed by atoms with Crippen LogP contribution >= 0.6 is 0 Å². The van der Waals surface area contributed by atoms with Crippen LogP contribution in [0.25, 0.3) is 0 Å². The Morgan fingerprint density at radius 2 is 2.21 bits per heavy atom. The molecule has 0 aromatic rings. The van der Waals surface area contributed by atoms with Crippen molar-refractivity contribution in [2.24, 2.45) is 10.9 Å². The van der Waals surface area contributed by atoms with Gasteiger partial charge in [0.25, 0.3) is 0 Å². The maximum atomic E-state index is 11.6. The number of carbonyl (C=O) groups excluding carboxylic acids is 1. The fourth-order valence-electron chi connectivity index (χ4n) is 1.68. The molecule has 0 saturated carbocycles. The lowest BCUT2D eigenvalue weighted by atomic mass is 9.91. The first-order valence-corrected chi connectivity index (χ1v) is 5.40. The number of rotatable bonds is 2. The molecule has 14 heavy (non-hydrogen) atoms. The van der Waals surface area contributed by atoms with Crippen LogP contribution < -0.4 is 0 Å². The average Bonchev–Trinajstić information content (AvgIpc) is 2.15. The van der Waals surface area contributed by atoms with E-state index in [0.717, 1.165) is 18.4 Å². The van der Waals surface area contributed by atoms with Crippen LogP contribution in [0.5, 0.6) is 0 Å². The van der Waals surface area contributed by atoms with Gasteiger partial charge in [-0.2, -0.15) is 0 Å². The summed E-state index contributed by atoms with van der Waals surface area (Å²) in [6.07, 6.45) is 6.44. The third-order valence-corrected chi connectivity index (χ3v) is 2.67. The topological polar surface area (TPSA) is 29.4 Å². The van der Waals surface area contributed by atoms with Crippen LogP contribution in [0.3, 0.4) is 0 Å². The van der Waals surface area contributed by atoms with Gasteiger partial charge < -0.3 is 0 Å². The van der Waals surface area contributed by atoms with Gasteiger partial charge in [-0.1, -0.05) is 19.9 Å². The van der Waals surface area contributed by atoms with Gasteiger partial charge in [0.05, 0.1) is 6.04 Å². The SMILES string of the molecule is CCC(=O)/C1=C/CC(C)N=CCC1C. The number of ketones is 1. The molecular formula is C12H19NO. The fourth-order valence-corrected chi connectivity index (χ4v) is 1.68. The molecule has 2 atom stereocenters. The third kappa shape index (κ3) is 2.79. The van der Waals surface area contributed by atoms with Crippen LogP contribution in [-0.2, 0) is 4.79 Å². The van der Waals surface area contributed by atoms with Crippen molar-refractivity contribution < 1.29 is 4.79 Å². The molecule has 0 fully saturated rings. The number of carbonyl (C=O) groups is 1. The zero-order valence-corrected chi connectivity index (χ0v) is 9.29. The third-order valence-electron chi connectivity index (χ3n) is 2.67. The molecule has 2 heteroatoms. The highest BCUT2D eigenvalue weighted by Crippen LogP contribution is 2.19. The van der Waals surface area contributed by atoms with E-state index in [2.05, 4.69) is 24.9 Å². The van der Waals surface area contributed by atoms with Crippen molar-refractivity contribution >= 4 is 12.0 Å². The molecule has 0 aromatic carbocycles. The lowest BCUT2D eigenvalue weighted by Crippen LogP contribution is -2.13. The largest absolute Gasteiger partial charge is 0.295 e. The molecule has 2 nitrogen and oxygen atoms in total. The number of Topliss-reactive ketones (excluding diaryl/α,β-unsaturated/α-hetero) is 1. The summed E-state index contributed by atoms with van der Waals surface area (Å²) in [6.45, 7) is 6.10. The van der Waals surface area contributed by atoms with Crippen LogP contribution in [0.15, 0.2) is 16.6 Å². The minimum atomic E-state index is 0.292. The number of nitrogens with zero attached hydrogens (tertiary/aromatic N) is 1. The van der Waals surface area contributed by atoms with Gasteiger partial charge in [-0.05, 0) is 37.5 Å². The molecule has 0 N–H and O–H groups in total. The smallest absolute Gasteiger partial charge is 0.158 e. The second-order valence-corrected chi connectivity index (χ2v) is 3.99. The molecule has 0 aromatic heterocycles. The van der Waals surface area contributed by atoms with Gasteiger partial charge in [0, 0.05) is 6.42 Å². The average molecular weight is 193 g/mol. The zero-order chi connectivity index (χ0) is 10.6. The Labute approximate surface area is 86.1 Å². The quantitative estimate of drug-likeness (QED) is 0.663. The highest BCUT2D eigenvalue weighted by molar-refractivity contribution is 5.95. The molecule has 1 rings (SSSR count). The van der Waals surface area contributed by atoms with E-state index < -0.39 is 0 Å². The summed E-state index contributed by atoms with van der Waals surface area (Å²) in [4.78, 5) is 16.0. The van der Waals surface area contributed by atoms with Crippen molar-refractivity contribution in [3.8, 4) is 0 Å². The molecule has 0 spiro atoms. The normalized spacial score (nSPS) is 31.5. The number of hydrogen-bond donors (Lipinski definition) is 0. The first-order valence-electron chi connectivity index (χ1n) is 5.40. The fraction of sp³-hybridized carbons (Fsp3) is 0.667. The Morgan fingerprint density at radius 1 is 1.50 bits per heavy atom. The molecular weight excluding hydrogens is 174 g/mol. The van der Waals surface area contributed by atoms with E-state index in [1.54, 1.807) is 0 Å². The van der Waals surface area contributed by atoms with E-state index in [9.17, 15) is 4.79 Å². The number of allylic oxidation sites excluding steroid dienone is 1. The minimum Gasteiger partial charge on any atom is -0.295 e. The Kier molecular flexibility index (Phi) is 4.05. The highest BCUT2D eigenvalue weighted by Gasteiger charge is 2.16. The van der Waals surface area contributed by atoms with Crippen molar-refractivity contribution in [3.63, 3.8) is 0 Å². The molecule has 0 saturated heterocycles. The molecule has 1 aliphatic heterocycles. The van der Waals surface area contributed by atoms with Crippen molar-refractivity contribution in [1.29, 1.82) is 0 Å². The molecule has 0 radical (unpaired) electrons. The van der Waals surface area contributed by atoms with Crippen molar-refractivity contribution in [2.75, 3.05) is 0 Å². The molecule has 2 unspecified atom stereocenters. The zero-order valence-electron chi connectivity index (χ0n) is 9.29. The molecule has 1 heterocycles. The summed E-state index contributed by atoms with van der Waals surface area (Å²) in [5.74, 6) is 0.624. The van der Waals surface area contributed by atoms with Gasteiger partial charge in [0.1, 0.15) is 0 Å². The Hall–Kier alpha value is -0.920. The molecule has 1 aliphatic rings. The molecule has 78 valence electrons. The van der Waals surface area contributed by atoms with Gasteiger partial charge in [0.2, 0.25) is 0 Å². The minimum absolute atomic E-state index is 0.292. The van der Waals surface area contributed by atoms with Crippen LogP contribution in [0.4, 0.5) is 0 Å². The van der Waals surface area contributed by atoms with Gasteiger partial charge in [-0.15, -0.1) is 0 Å². The standard InChI is InChI=1S/C12H19NO/c1-4-12(14)11-6-5-10(3)13-8-7-9(11)2/h6,8-10H,4-5,7H2,1-3H3/b11-6+,13-8?. The summed E-state index contributed by atoms with van der Waals surface area (Å²) in [5, 5.41) is 0. The molecule has 0 bridgehead atoms. The number of aliphatic imine (C=N–C) groups is 1. The van der Waals surface area contributed by atoms with Gasteiger partial charge in [-0.3, -0.25) is 9.79 Å². The maximum absolute atomic E-state index is 11.6. The predicted octanol–water partition coefficient (Wildman–Crippen LogP) is 2.78. The van der Waals surface area contributed by atoms with Crippen LogP contribution in [0.1, 0.15) is 40.0 Å². The monoisotopic (exact) mass is 193 g/mol. The summed E-state index contributed by atoms with van der Waals surface area (Å²) in [7, 11) is 0. The van der Waals surface area contributed by atoms with Gasteiger partial charge in [0.15, 0.2) is 5.78 Å². The van der Waals surface area contributed by atoms with E-state index >= 15 is 0 Å². The van der Waals surface area contributed by atoms with E-state index in [1.807, 2.05) is 13.1 Å². The first-order chi connectivity index (χ1) is 6.65. The van der Waals surface area contributed by atoms with Crippen molar-refractivity contribution in [3.05, 3.63) is 11.6 Å². The van der Waals surface area contributed by atoms with Gasteiger partial charge >= 0.3 is 0 Å². The summed E-state index contributed by atoms with van der Waals surface area (Å²) < 4.78 is 0. The Bertz CT molecular complexity index is 265. The molecule has 0 aliphatic carbocycles. The van der Waals surface area contributed by atoms with E-state index in [-0.39, 0.29) is 0 Å². The summed E-state index contributed by atoms with van der Waals surface area (Å²) in [6, 6.07) is 0.321. The van der Waals surface area contributed by atoms with Crippen LogP contribution in [0, 0.1) is 5.92 Å². The lowest BCUT2D eigenvalue weighted by Gasteiger charge is -2.16. The van der Waals surface area contributed by atoms with E-state index in [0.29, 0.717) is 24.2 Å². The Balaban J connectivity index is 2.79. The van der Waals surface area contributed by atoms with Crippen LogP contribution in [0.2, 0.25) is 0 Å². The highest BCUT2D eigenvalue weighted by atomic mass is 16.1. The number of hydrogen-bond acceptors (Lipinski definition) is 2. The second kappa shape index (κ2) is 5.08. The Morgan fingerprint density at radius 3 is 2.86 bits per heavy atom. The van der Waals surface area contributed by atoms with Crippen molar-refractivity contribution in [2.45, 2.75) is 46.1 Å². The second-order valence-electron chi connectivity index (χ2n) is 3.99. The van der Waals surface area contributed by atoms with Crippen molar-refractivity contribution in [1.82, 2.24) is 0 Å². The molecule has 0 amide bonds. The van der Waals surface area contributed by atoms with Crippen LogP contribution in [-0.4, -0.2) is 18.0 Å². The van der Waals surface area contributed by atoms with E-state index in [1.165, 1.54) is 0 Å². The maximum Gasteiger partial charge on any atom is 0.158 e. The first kappa shape index (κ1) is 11.2. The van der Waals surface area contributed by atoms with E-state index in [4.69, 9.17) is 0 Å². The lowest BCUT2D eigenvalue weighted by molar-refractivity contribution is -0.115. The summed E-state index contributed by atoms with van der Waals surface area (Å²) >= 11 is 0.